The van der Waals surface area contributed by atoms with Crippen LogP contribution in [0, 0.1) is 5.82 Å². The zero-order valence-corrected chi connectivity index (χ0v) is 19.1. The topological polar surface area (TPSA) is 103 Å². The second-order valence-corrected chi connectivity index (χ2v) is 9.00. The molecule has 2 amide bonds. The molecule has 1 fully saturated rings. The predicted molar refractivity (Wildman–Crippen MR) is 122 cm³/mol. The Bertz CT molecular complexity index is 1160. The van der Waals surface area contributed by atoms with Gasteiger partial charge in [-0.2, -0.15) is 0 Å². The SMILES string of the molecule is Nn1c(COc2ccccc2F)nnc1SC1CCCCN(C(=O)c2ccc(Cl)cc2)C1=O. The highest BCUT2D eigenvalue weighted by Gasteiger charge is 2.33. The molecule has 8 nitrogen and oxygen atoms in total. The lowest BCUT2D eigenvalue weighted by Crippen LogP contribution is -2.41. The van der Waals surface area contributed by atoms with E-state index in [0.29, 0.717) is 35.1 Å². The van der Waals surface area contributed by atoms with Crippen molar-refractivity contribution < 1.29 is 18.7 Å². The van der Waals surface area contributed by atoms with Gasteiger partial charge in [-0.25, -0.2) is 9.07 Å². The number of para-hydroxylation sites is 1. The number of rotatable bonds is 6. The number of thioether (sulfide) groups is 1. The Labute approximate surface area is 198 Å². The molecule has 1 atom stereocenters. The van der Waals surface area contributed by atoms with E-state index < -0.39 is 11.1 Å². The van der Waals surface area contributed by atoms with Crippen LogP contribution in [0.5, 0.6) is 5.75 Å². The molecule has 1 aliphatic heterocycles. The van der Waals surface area contributed by atoms with Crippen LogP contribution in [0.3, 0.4) is 0 Å². The number of nitrogens with zero attached hydrogens (tertiary/aromatic N) is 4. The van der Waals surface area contributed by atoms with Crippen LogP contribution in [0.1, 0.15) is 35.4 Å². The van der Waals surface area contributed by atoms with Gasteiger partial charge in [0.05, 0.1) is 5.25 Å². The minimum atomic E-state index is -0.546. The molecule has 0 radical (unpaired) electrons. The van der Waals surface area contributed by atoms with Gasteiger partial charge in [-0.05, 0) is 49.2 Å². The third kappa shape index (κ3) is 5.28. The predicted octanol–water partition coefficient (Wildman–Crippen LogP) is 3.68. The molecule has 0 spiro atoms. The summed E-state index contributed by atoms with van der Waals surface area (Å²) in [6.45, 7) is 0.249. The molecule has 0 aliphatic carbocycles. The summed E-state index contributed by atoms with van der Waals surface area (Å²) in [4.78, 5) is 27.4. The average molecular weight is 490 g/mol. The number of benzene rings is 2. The molecular formula is C22H21ClFN5O3S. The zero-order valence-electron chi connectivity index (χ0n) is 17.5. The smallest absolute Gasteiger partial charge is 0.260 e. The maximum atomic E-state index is 13.8. The molecular weight excluding hydrogens is 469 g/mol. The van der Waals surface area contributed by atoms with Gasteiger partial charge in [-0.3, -0.25) is 14.5 Å². The molecule has 0 bridgehead atoms. The number of nitrogen functional groups attached to an aromatic ring is 1. The summed E-state index contributed by atoms with van der Waals surface area (Å²) in [5.41, 5.74) is 0.396. The van der Waals surface area contributed by atoms with Gasteiger partial charge >= 0.3 is 0 Å². The molecule has 2 aromatic carbocycles. The lowest BCUT2D eigenvalue weighted by Gasteiger charge is -2.22. The normalized spacial score (nSPS) is 16.5. The fourth-order valence-electron chi connectivity index (χ4n) is 3.38. The van der Waals surface area contributed by atoms with Crippen molar-refractivity contribution in [1.82, 2.24) is 19.8 Å². The monoisotopic (exact) mass is 489 g/mol. The van der Waals surface area contributed by atoms with Crippen LogP contribution in [0.15, 0.2) is 53.7 Å². The number of hydrogen-bond donors (Lipinski definition) is 1. The third-order valence-corrected chi connectivity index (χ3v) is 6.62. The van der Waals surface area contributed by atoms with E-state index in [2.05, 4.69) is 10.2 Å². The first-order chi connectivity index (χ1) is 15.9. The number of amides is 2. The summed E-state index contributed by atoms with van der Waals surface area (Å²) in [6, 6.07) is 12.4. The first-order valence-corrected chi connectivity index (χ1v) is 11.5. The van der Waals surface area contributed by atoms with Crippen LogP contribution < -0.4 is 10.6 Å². The number of imide groups is 1. The first kappa shape index (κ1) is 23.1. The van der Waals surface area contributed by atoms with Crippen LogP contribution >= 0.6 is 23.4 Å². The van der Waals surface area contributed by atoms with Crippen molar-refractivity contribution in [2.24, 2.45) is 0 Å². The summed E-state index contributed by atoms with van der Waals surface area (Å²) in [7, 11) is 0. The van der Waals surface area contributed by atoms with E-state index in [-0.39, 0.29) is 30.0 Å². The number of ether oxygens (including phenoxy) is 1. The van der Waals surface area contributed by atoms with Crippen LogP contribution in [0.25, 0.3) is 0 Å². The largest absolute Gasteiger partial charge is 0.482 e. The van der Waals surface area contributed by atoms with Crippen molar-refractivity contribution in [3.8, 4) is 5.75 Å². The van der Waals surface area contributed by atoms with E-state index in [1.807, 2.05) is 0 Å². The third-order valence-electron chi connectivity index (χ3n) is 5.15. The Balaban J connectivity index is 1.45. The molecule has 33 heavy (non-hydrogen) atoms. The van der Waals surface area contributed by atoms with Gasteiger partial charge in [-0.1, -0.05) is 41.9 Å². The lowest BCUT2D eigenvalue weighted by atomic mass is 10.2. The summed E-state index contributed by atoms with van der Waals surface area (Å²) < 4.78 is 20.4. The maximum absolute atomic E-state index is 13.8. The highest BCUT2D eigenvalue weighted by Crippen LogP contribution is 2.30. The molecule has 1 unspecified atom stereocenters. The Hall–Kier alpha value is -3.11. The second-order valence-electron chi connectivity index (χ2n) is 7.39. The van der Waals surface area contributed by atoms with E-state index in [1.165, 1.54) is 21.7 Å². The summed E-state index contributed by atoms with van der Waals surface area (Å²) >= 11 is 7.05. The van der Waals surface area contributed by atoms with Crippen LogP contribution in [0.4, 0.5) is 4.39 Å². The standard InChI is InChI=1S/C22H21ClFN5O3S/c23-15-10-8-14(9-11-15)20(30)28-12-4-3-7-18(21(28)31)33-22-27-26-19(29(22)25)13-32-17-6-2-1-5-16(17)24/h1-2,5-6,8-11,18H,3-4,7,12-13,25H2. The highest BCUT2D eigenvalue weighted by atomic mass is 35.5. The van der Waals surface area contributed by atoms with E-state index in [9.17, 15) is 14.0 Å². The van der Waals surface area contributed by atoms with Gasteiger partial charge in [-0.15, -0.1) is 10.2 Å². The molecule has 1 saturated heterocycles. The Morgan fingerprint density at radius 1 is 1.18 bits per heavy atom. The van der Waals surface area contributed by atoms with Gasteiger partial charge in [0.25, 0.3) is 5.91 Å². The molecule has 172 valence electrons. The number of carbonyl (C=O) groups excluding carboxylic acids is 2. The highest BCUT2D eigenvalue weighted by molar-refractivity contribution is 8.00. The maximum Gasteiger partial charge on any atom is 0.260 e. The Morgan fingerprint density at radius 2 is 1.94 bits per heavy atom. The van der Waals surface area contributed by atoms with Gasteiger partial charge in [0, 0.05) is 17.1 Å². The first-order valence-electron chi connectivity index (χ1n) is 10.3. The van der Waals surface area contributed by atoms with Crippen LogP contribution in [-0.4, -0.2) is 43.4 Å². The van der Waals surface area contributed by atoms with Crippen molar-refractivity contribution in [2.45, 2.75) is 36.3 Å². The summed E-state index contributed by atoms with van der Waals surface area (Å²) in [5, 5.41) is 8.33. The molecule has 0 saturated carbocycles. The minimum absolute atomic E-state index is 0.0741. The second kappa shape index (κ2) is 10.2. The number of nitrogens with two attached hydrogens (primary N) is 1. The van der Waals surface area contributed by atoms with Crippen molar-refractivity contribution in [2.75, 3.05) is 12.4 Å². The quantitative estimate of drug-likeness (QED) is 0.416. The molecule has 1 aliphatic rings. The van der Waals surface area contributed by atoms with Crippen molar-refractivity contribution in [3.05, 3.63) is 70.8 Å². The van der Waals surface area contributed by atoms with Crippen LogP contribution in [-0.2, 0) is 11.4 Å². The van der Waals surface area contributed by atoms with E-state index in [4.69, 9.17) is 22.2 Å². The fourth-order valence-corrected chi connectivity index (χ4v) is 4.58. The lowest BCUT2D eigenvalue weighted by molar-refractivity contribution is -0.127. The van der Waals surface area contributed by atoms with Gasteiger partial charge in [0.1, 0.15) is 6.61 Å². The van der Waals surface area contributed by atoms with Gasteiger partial charge in [0.2, 0.25) is 11.1 Å². The average Bonchev–Trinajstić information content (AvgIpc) is 3.05. The molecule has 1 aromatic heterocycles. The van der Waals surface area contributed by atoms with Gasteiger partial charge in [0.15, 0.2) is 17.4 Å². The molecule has 2 N–H and O–H groups in total. The molecule has 11 heteroatoms. The summed E-state index contributed by atoms with van der Waals surface area (Å²) in [5.74, 6) is 5.29. The molecule has 2 heterocycles. The molecule has 3 aromatic rings. The Morgan fingerprint density at radius 3 is 2.70 bits per heavy atom. The number of halogens is 2. The number of aromatic nitrogens is 3. The van der Waals surface area contributed by atoms with E-state index in [0.717, 1.165) is 18.2 Å². The van der Waals surface area contributed by atoms with Crippen molar-refractivity contribution >= 4 is 35.2 Å². The van der Waals surface area contributed by atoms with E-state index in [1.54, 1.807) is 36.4 Å². The molecule has 4 rings (SSSR count). The van der Waals surface area contributed by atoms with Gasteiger partial charge < -0.3 is 10.6 Å². The van der Waals surface area contributed by atoms with Crippen molar-refractivity contribution in [1.29, 1.82) is 0 Å². The fraction of sp³-hybridized carbons (Fsp3) is 0.273. The van der Waals surface area contributed by atoms with Crippen LogP contribution in [0.2, 0.25) is 5.02 Å². The number of likely N-dealkylation sites (tertiary alicyclic amines) is 1. The summed E-state index contributed by atoms with van der Waals surface area (Å²) in [6.07, 6.45) is 2.05. The van der Waals surface area contributed by atoms with E-state index >= 15 is 0 Å². The zero-order chi connectivity index (χ0) is 23.4. The number of hydrogen-bond acceptors (Lipinski definition) is 7. The Kier molecular flexibility index (Phi) is 7.14. The number of carbonyl (C=O) groups is 2. The minimum Gasteiger partial charge on any atom is -0.482 e. The van der Waals surface area contributed by atoms with Crippen molar-refractivity contribution in [3.63, 3.8) is 0 Å².